The highest BCUT2D eigenvalue weighted by molar-refractivity contribution is 7.08. The second-order valence-corrected chi connectivity index (χ2v) is 6.00. The lowest BCUT2D eigenvalue weighted by molar-refractivity contribution is 0.138. The fraction of sp³-hybridized carbons (Fsp3) is 0.357. The molecule has 0 aliphatic carbocycles. The number of nitrogens with zero attached hydrogens (tertiary/aromatic N) is 4. The minimum atomic E-state index is -0.403. The average molecular weight is 303 g/mol. The summed E-state index contributed by atoms with van der Waals surface area (Å²) in [6, 6.07) is 5.69. The Morgan fingerprint density at radius 3 is 2.86 bits per heavy atom. The van der Waals surface area contributed by atoms with Crippen LogP contribution in [0.3, 0.4) is 0 Å². The van der Waals surface area contributed by atoms with Crippen LogP contribution in [0.15, 0.2) is 29.0 Å². The number of aromatic nitrogens is 4. The summed E-state index contributed by atoms with van der Waals surface area (Å²) in [7, 11) is 0. The van der Waals surface area contributed by atoms with E-state index in [0.29, 0.717) is 18.0 Å². The van der Waals surface area contributed by atoms with Crippen LogP contribution in [-0.2, 0) is 0 Å². The van der Waals surface area contributed by atoms with E-state index in [1.165, 1.54) is 0 Å². The molecule has 3 aromatic rings. The van der Waals surface area contributed by atoms with E-state index in [1.54, 1.807) is 15.9 Å². The first-order chi connectivity index (χ1) is 10.1. The molecule has 0 saturated carbocycles. The van der Waals surface area contributed by atoms with Crippen molar-refractivity contribution >= 4 is 22.8 Å². The van der Waals surface area contributed by atoms with Gasteiger partial charge in [-0.25, -0.2) is 0 Å². The number of anilines is 1. The Morgan fingerprint density at radius 1 is 1.29 bits per heavy atom. The molecule has 21 heavy (non-hydrogen) atoms. The number of fused-ring (bicyclic) bond motifs is 1. The molecule has 0 amide bonds. The molecule has 0 aliphatic rings. The summed E-state index contributed by atoms with van der Waals surface area (Å²) in [5, 5.41) is 29.8. The summed E-state index contributed by atoms with van der Waals surface area (Å²) in [5.41, 5.74) is 1.70. The van der Waals surface area contributed by atoms with Crippen LogP contribution in [0.2, 0.25) is 0 Å². The van der Waals surface area contributed by atoms with Crippen LogP contribution >= 0.6 is 11.3 Å². The smallest absolute Gasteiger partial charge is 0.186 e. The van der Waals surface area contributed by atoms with Gasteiger partial charge in [0.25, 0.3) is 0 Å². The molecule has 2 N–H and O–H groups in total. The Morgan fingerprint density at radius 2 is 2.14 bits per heavy atom. The molecule has 0 saturated heterocycles. The molecule has 0 fully saturated rings. The lowest BCUT2D eigenvalue weighted by Gasteiger charge is -2.15. The van der Waals surface area contributed by atoms with Crippen molar-refractivity contribution in [3.8, 4) is 11.4 Å². The largest absolute Gasteiger partial charge is 0.391 e. The second kappa shape index (κ2) is 5.79. The minimum absolute atomic E-state index is 0.206. The molecule has 0 bridgehead atoms. The molecule has 0 radical (unpaired) electrons. The van der Waals surface area contributed by atoms with Crippen LogP contribution in [0.4, 0.5) is 5.82 Å². The van der Waals surface area contributed by atoms with E-state index in [2.05, 4.69) is 20.6 Å². The van der Waals surface area contributed by atoms with Crippen LogP contribution in [-0.4, -0.2) is 37.6 Å². The Kier molecular flexibility index (Phi) is 3.85. The molecule has 110 valence electrons. The van der Waals surface area contributed by atoms with E-state index in [4.69, 9.17) is 0 Å². The quantitative estimate of drug-likeness (QED) is 0.756. The third-order valence-corrected chi connectivity index (χ3v) is 3.99. The zero-order chi connectivity index (χ0) is 14.8. The van der Waals surface area contributed by atoms with Crippen LogP contribution in [0, 0.1) is 5.92 Å². The standard InChI is InChI=1S/C14H17N5OS/c1-9(2)11(20)7-15-12-3-4-13-16-17-14(19(13)18-12)10-5-6-21-8-10/h3-6,8-9,11,20H,7H2,1-2H3,(H,15,18). The van der Waals surface area contributed by atoms with Crippen molar-refractivity contribution in [3.63, 3.8) is 0 Å². The van der Waals surface area contributed by atoms with E-state index in [9.17, 15) is 5.11 Å². The molecule has 0 aliphatic heterocycles. The van der Waals surface area contributed by atoms with Gasteiger partial charge in [0.15, 0.2) is 11.5 Å². The van der Waals surface area contributed by atoms with Crippen LogP contribution < -0.4 is 5.32 Å². The predicted octanol–water partition coefficient (Wildman–Crippen LogP) is 2.28. The van der Waals surface area contributed by atoms with Crippen molar-refractivity contribution in [2.75, 3.05) is 11.9 Å². The highest BCUT2D eigenvalue weighted by Crippen LogP contribution is 2.20. The van der Waals surface area contributed by atoms with Gasteiger partial charge in [-0.2, -0.15) is 15.9 Å². The van der Waals surface area contributed by atoms with Crippen molar-refractivity contribution in [3.05, 3.63) is 29.0 Å². The maximum atomic E-state index is 9.85. The second-order valence-electron chi connectivity index (χ2n) is 5.22. The third kappa shape index (κ3) is 2.88. The number of nitrogens with one attached hydrogen (secondary N) is 1. The number of hydrogen-bond donors (Lipinski definition) is 2. The molecule has 6 nitrogen and oxygen atoms in total. The van der Waals surface area contributed by atoms with Crippen molar-refractivity contribution in [2.24, 2.45) is 5.92 Å². The summed E-state index contributed by atoms with van der Waals surface area (Å²) in [6.45, 7) is 4.43. The first-order valence-electron chi connectivity index (χ1n) is 6.82. The monoisotopic (exact) mass is 303 g/mol. The fourth-order valence-corrected chi connectivity index (χ4v) is 2.53. The third-order valence-electron chi connectivity index (χ3n) is 3.30. The highest BCUT2D eigenvalue weighted by Gasteiger charge is 2.12. The topological polar surface area (TPSA) is 75.3 Å². The Hall–Kier alpha value is -1.99. The van der Waals surface area contributed by atoms with Crippen molar-refractivity contribution in [1.29, 1.82) is 0 Å². The van der Waals surface area contributed by atoms with Gasteiger partial charge in [0.05, 0.1) is 6.10 Å². The SMILES string of the molecule is CC(C)C(O)CNc1ccc2nnc(-c3ccsc3)n2n1. The first-order valence-corrected chi connectivity index (χ1v) is 7.76. The Bertz CT molecular complexity index is 722. The molecule has 7 heteroatoms. The van der Waals surface area contributed by atoms with E-state index < -0.39 is 6.10 Å². The maximum absolute atomic E-state index is 9.85. The zero-order valence-electron chi connectivity index (χ0n) is 11.9. The Balaban J connectivity index is 1.87. The Labute approximate surface area is 126 Å². The molecule has 0 aromatic carbocycles. The molecule has 1 unspecified atom stereocenters. The molecular weight excluding hydrogens is 286 g/mol. The van der Waals surface area contributed by atoms with E-state index in [-0.39, 0.29) is 5.92 Å². The summed E-state index contributed by atoms with van der Waals surface area (Å²) < 4.78 is 1.71. The summed E-state index contributed by atoms with van der Waals surface area (Å²) in [5.74, 6) is 1.62. The molecule has 0 spiro atoms. The van der Waals surface area contributed by atoms with Gasteiger partial charge in [-0.1, -0.05) is 13.8 Å². The van der Waals surface area contributed by atoms with Gasteiger partial charge < -0.3 is 10.4 Å². The molecule has 3 rings (SSSR count). The first kappa shape index (κ1) is 14.0. The lowest BCUT2D eigenvalue weighted by atomic mass is 10.1. The number of hydrogen-bond acceptors (Lipinski definition) is 6. The highest BCUT2D eigenvalue weighted by atomic mass is 32.1. The van der Waals surface area contributed by atoms with Gasteiger partial charge in [0.1, 0.15) is 5.82 Å². The number of aliphatic hydroxyl groups is 1. The summed E-state index contributed by atoms with van der Waals surface area (Å²) in [6.07, 6.45) is -0.403. The number of rotatable bonds is 5. The van der Waals surface area contributed by atoms with Crippen LogP contribution in [0.1, 0.15) is 13.8 Å². The van der Waals surface area contributed by atoms with E-state index >= 15 is 0 Å². The molecule has 3 aromatic heterocycles. The molecule has 3 heterocycles. The van der Waals surface area contributed by atoms with Crippen molar-refractivity contribution in [1.82, 2.24) is 19.8 Å². The average Bonchev–Trinajstić information content (AvgIpc) is 3.12. The van der Waals surface area contributed by atoms with E-state index in [0.717, 1.165) is 11.4 Å². The van der Waals surface area contributed by atoms with Gasteiger partial charge in [-0.05, 0) is 29.5 Å². The van der Waals surface area contributed by atoms with Gasteiger partial charge in [-0.3, -0.25) is 0 Å². The van der Waals surface area contributed by atoms with Gasteiger partial charge in [-0.15, -0.1) is 15.3 Å². The predicted molar refractivity (Wildman–Crippen MR) is 83.4 cm³/mol. The summed E-state index contributed by atoms with van der Waals surface area (Å²) in [4.78, 5) is 0. The van der Waals surface area contributed by atoms with Crippen LogP contribution in [0.5, 0.6) is 0 Å². The number of thiophene rings is 1. The normalized spacial score (nSPS) is 13.0. The zero-order valence-corrected chi connectivity index (χ0v) is 12.7. The molecule has 1 atom stereocenters. The van der Waals surface area contributed by atoms with Crippen LogP contribution in [0.25, 0.3) is 17.0 Å². The summed E-state index contributed by atoms with van der Waals surface area (Å²) >= 11 is 1.61. The van der Waals surface area contributed by atoms with Gasteiger partial charge in [0.2, 0.25) is 0 Å². The fourth-order valence-electron chi connectivity index (χ4n) is 1.90. The number of aliphatic hydroxyl groups excluding tert-OH is 1. The van der Waals surface area contributed by atoms with Gasteiger partial charge in [0, 0.05) is 17.5 Å². The molecular formula is C14H17N5OS. The van der Waals surface area contributed by atoms with Gasteiger partial charge >= 0.3 is 0 Å². The van der Waals surface area contributed by atoms with E-state index in [1.807, 2.05) is 42.8 Å². The lowest BCUT2D eigenvalue weighted by Crippen LogP contribution is -2.25. The maximum Gasteiger partial charge on any atom is 0.186 e. The van der Waals surface area contributed by atoms with Crippen molar-refractivity contribution in [2.45, 2.75) is 20.0 Å². The minimum Gasteiger partial charge on any atom is -0.391 e. The van der Waals surface area contributed by atoms with Crippen molar-refractivity contribution < 1.29 is 5.11 Å².